The van der Waals surface area contributed by atoms with Crippen LogP contribution in [0.1, 0.15) is 26.7 Å². The zero-order valence-electron chi connectivity index (χ0n) is 11.0. The largest absolute Gasteiger partial charge is 0.486 e. The molecule has 1 aliphatic rings. The summed E-state index contributed by atoms with van der Waals surface area (Å²) >= 11 is 0. The van der Waals surface area contributed by atoms with E-state index in [4.69, 9.17) is 10.5 Å². The highest BCUT2D eigenvalue weighted by molar-refractivity contribution is 5.60. The molecule has 0 aliphatic carbocycles. The highest BCUT2D eigenvalue weighted by Crippen LogP contribution is 2.34. The maximum atomic E-state index is 13.4. The summed E-state index contributed by atoms with van der Waals surface area (Å²) < 4.78 is 19.2. The Hall–Kier alpha value is -1.29. The van der Waals surface area contributed by atoms with Crippen LogP contribution in [-0.4, -0.2) is 25.2 Å². The quantitative estimate of drug-likeness (QED) is 0.895. The molecular formula is C14H21FN2O. The molecule has 0 radical (unpaired) electrons. The first kappa shape index (κ1) is 13.1. The molecular weight excluding hydrogens is 231 g/mol. The van der Waals surface area contributed by atoms with Crippen LogP contribution in [0.3, 0.4) is 0 Å². The molecule has 1 aromatic rings. The molecule has 1 aliphatic heterocycles. The first-order valence-electron chi connectivity index (χ1n) is 6.60. The molecule has 1 aromatic carbocycles. The van der Waals surface area contributed by atoms with Crippen molar-refractivity contribution in [2.75, 3.05) is 18.0 Å². The van der Waals surface area contributed by atoms with Gasteiger partial charge < -0.3 is 15.4 Å². The summed E-state index contributed by atoms with van der Waals surface area (Å²) in [5.74, 6) is 0.528. The van der Waals surface area contributed by atoms with E-state index in [1.165, 1.54) is 12.1 Å². The normalized spacial score (nSPS) is 20.2. The molecule has 4 heteroatoms. The van der Waals surface area contributed by atoms with E-state index in [1.54, 1.807) is 6.07 Å². The number of ether oxygens (including phenoxy) is 1. The predicted octanol–water partition coefficient (Wildman–Crippen LogP) is 2.54. The van der Waals surface area contributed by atoms with Crippen molar-refractivity contribution >= 4 is 5.69 Å². The monoisotopic (exact) mass is 252 g/mol. The van der Waals surface area contributed by atoms with Crippen molar-refractivity contribution in [3.05, 3.63) is 24.0 Å². The Labute approximate surface area is 108 Å². The number of nitrogens with zero attached hydrogens (tertiary/aromatic N) is 1. The molecule has 2 N–H and O–H groups in total. The van der Waals surface area contributed by atoms with Gasteiger partial charge in [-0.05, 0) is 25.0 Å². The summed E-state index contributed by atoms with van der Waals surface area (Å²) in [4.78, 5) is 2.14. The van der Waals surface area contributed by atoms with Crippen LogP contribution >= 0.6 is 0 Å². The highest BCUT2D eigenvalue weighted by atomic mass is 19.1. The van der Waals surface area contributed by atoms with Crippen LogP contribution in [0.5, 0.6) is 5.75 Å². The lowest BCUT2D eigenvalue weighted by molar-refractivity contribution is 0.188. The lowest BCUT2D eigenvalue weighted by Crippen LogP contribution is -2.45. The number of benzene rings is 1. The van der Waals surface area contributed by atoms with Gasteiger partial charge in [-0.3, -0.25) is 0 Å². The molecule has 0 fully saturated rings. The Bertz CT molecular complexity index is 411. The number of hydrogen-bond donors (Lipinski definition) is 1. The second-order valence-electron chi connectivity index (χ2n) is 4.83. The zero-order valence-corrected chi connectivity index (χ0v) is 11.0. The molecule has 0 saturated carbocycles. The third-order valence-electron chi connectivity index (χ3n) is 3.41. The van der Waals surface area contributed by atoms with Crippen molar-refractivity contribution in [1.29, 1.82) is 0 Å². The van der Waals surface area contributed by atoms with Gasteiger partial charge in [0.25, 0.3) is 0 Å². The standard InChI is InChI=1S/C14H21FN2O/c1-3-11(16)8-17-9-12(4-2)18-14-6-5-10(15)7-13(14)17/h5-7,11-12H,3-4,8-9,16H2,1-2H3. The highest BCUT2D eigenvalue weighted by Gasteiger charge is 2.25. The minimum absolute atomic E-state index is 0.108. The number of halogens is 1. The minimum Gasteiger partial charge on any atom is -0.486 e. The van der Waals surface area contributed by atoms with Gasteiger partial charge in [0.1, 0.15) is 17.7 Å². The fourth-order valence-corrected chi connectivity index (χ4v) is 2.20. The molecule has 2 unspecified atom stereocenters. The van der Waals surface area contributed by atoms with E-state index < -0.39 is 0 Å². The van der Waals surface area contributed by atoms with Crippen LogP contribution in [-0.2, 0) is 0 Å². The Morgan fingerprint density at radius 1 is 1.50 bits per heavy atom. The van der Waals surface area contributed by atoms with E-state index in [0.717, 1.165) is 37.4 Å². The molecule has 0 amide bonds. The Morgan fingerprint density at radius 2 is 2.28 bits per heavy atom. The SMILES string of the molecule is CCC(N)CN1CC(CC)Oc2ccc(F)cc21. The summed E-state index contributed by atoms with van der Waals surface area (Å²) in [5.41, 5.74) is 6.83. The molecule has 3 nitrogen and oxygen atoms in total. The van der Waals surface area contributed by atoms with Gasteiger partial charge in [0.05, 0.1) is 12.2 Å². The van der Waals surface area contributed by atoms with E-state index in [1.807, 2.05) is 0 Å². The molecule has 18 heavy (non-hydrogen) atoms. The predicted molar refractivity (Wildman–Crippen MR) is 71.6 cm³/mol. The van der Waals surface area contributed by atoms with E-state index >= 15 is 0 Å². The molecule has 100 valence electrons. The van der Waals surface area contributed by atoms with Gasteiger partial charge in [-0.1, -0.05) is 13.8 Å². The summed E-state index contributed by atoms with van der Waals surface area (Å²) in [6, 6.07) is 4.78. The van der Waals surface area contributed by atoms with Gasteiger partial charge in [-0.2, -0.15) is 0 Å². The summed E-state index contributed by atoms with van der Waals surface area (Å²) in [7, 11) is 0. The summed E-state index contributed by atoms with van der Waals surface area (Å²) in [5, 5.41) is 0. The van der Waals surface area contributed by atoms with Crippen LogP contribution in [0, 0.1) is 5.82 Å². The number of rotatable bonds is 4. The molecule has 1 heterocycles. The van der Waals surface area contributed by atoms with Crippen LogP contribution in [0.2, 0.25) is 0 Å². The van der Waals surface area contributed by atoms with Gasteiger partial charge in [0, 0.05) is 18.7 Å². The van der Waals surface area contributed by atoms with Crippen molar-refractivity contribution in [3.8, 4) is 5.75 Å². The number of fused-ring (bicyclic) bond motifs is 1. The van der Waals surface area contributed by atoms with Crippen molar-refractivity contribution in [3.63, 3.8) is 0 Å². The van der Waals surface area contributed by atoms with Crippen LogP contribution < -0.4 is 15.4 Å². The fourth-order valence-electron chi connectivity index (χ4n) is 2.20. The Kier molecular flexibility index (Phi) is 4.07. The average Bonchev–Trinajstić information content (AvgIpc) is 2.38. The third kappa shape index (κ3) is 2.75. The maximum Gasteiger partial charge on any atom is 0.143 e. The van der Waals surface area contributed by atoms with Crippen molar-refractivity contribution in [2.45, 2.75) is 38.8 Å². The van der Waals surface area contributed by atoms with Crippen LogP contribution in [0.15, 0.2) is 18.2 Å². The fraction of sp³-hybridized carbons (Fsp3) is 0.571. The molecule has 2 rings (SSSR count). The first-order valence-corrected chi connectivity index (χ1v) is 6.60. The Balaban J connectivity index is 2.26. The van der Waals surface area contributed by atoms with E-state index in [2.05, 4.69) is 18.7 Å². The lowest BCUT2D eigenvalue weighted by atomic mass is 10.1. The van der Waals surface area contributed by atoms with Gasteiger partial charge in [-0.25, -0.2) is 4.39 Å². The molecule has 2 atom stereocenters. The minimum atomic E-state index is -0.234. The van der Waals surface area contributed by atoms with Crippen molar-refractivity contribution in [1.82, 2.24) is 0 Å². The molecule has 0 saturated heterocycles. The molecule has 0 spiro atoms. The van der Waals surface area contributed by atoms with E-state index in [-0.39, 0.29) is 18.0 Å². The smallest absolute Gasteiger partial charge is 0.143 e. The average molecular weight is 252 g/mol. The number of hydrogen-bond acceptors (Lipinski definition) is 3. The molecule has 0 bridgehead atoms. The number of nitrogens with two attached hydrogens (primary N) is 1. The zero-order chi connectivity index (χ0) is 13.1. The number of anilines is 1. The van der Waals surface area contributed by atoms with Crippen molar-refractivity contribution in [2.24, 2.45) is 5.73 Å². The van der Waals surface area contributed by atoms with E-state index in [9.17, 15) is 4.39 Å². The topological polar surface area (TPSA) is 38.5 Å². The maximum absolute atomic E-state index is 13.4. The second kappa shape index (κ2) is 5.57. The van der Waals surface area contributed by atoms with Gasteiger partial charge in [0.15, 0.2) is 0 Å². The van der Waals surface area contributed by atoms with Gasteiger partial charge >= 0.3 is 0 Å². The second-order valence-corrected chi connectivity index (χ2v) is 4.83. The first-order chi connectivity index (χ1) is 8.63. The third-order valence-corrected chi connectivity index (χ3v) is 3.41. The van der Waals surface area contributed by atoms with Crippen LogP contribution in [0.25, 0.3) is 0 Å². The summed E-state index contributed by atoms with van der Waals surface area (Å²) in [6.07, 6.45) is 2.01. The summed E-state index contributed by atoms with van der Waals surface area (Å²) in [6.45, 7) is 5.68. The van der Waals surface area contributed by atoms with Gasteiger partial charge in [0.2, 0.25) is 0 Å². The van der Waals surface area contributed by atoms with E-state index in [0.29, 0.717) is 0 Å². The van der Waals surface area contributed by atoms with Crippen molar-refractivity contribution < 1.29 is 9.13 Å². The Morgan fingerprint density at radius 3 is 2.94 bits per heavy atom. The lowest BCUT2D eigenvalue weighted by Gasteiger charge is -2.37. The van der Waals surface area contributed by atoms with Gasteiger partial charge in [-0.15, -0.1) is 0 Å². The molecule has 0 aromatic heterocycles. The van der Waals surface area contributed by atoms with Crippen LogP contribution in [0.4, 0.5) is 10.1 Å².